The summed E-state index contributed by atoms with van der Waals surface area (Å²) in [5, 5.41) is 15.4. The van der Waals surface area contributed by atoms with Gasteiger partial charge in [0.1, 0.15) is 23.1 Å². The quantitative estimate of drug-likeness (QED) is 0.0576. The zero-order valence-corrected chi connectivity index (χ0v) is 28.1. The van der Waals surface area contributed by atoms with Gasteiger partial charge in [-0.2, -0.15) is 0 Å². The number of aliphatic hydroxyl groups is 1. The van der Waals surface area contributed by atoms with Crippen LogP contribution in [0.1, 0.15) is 50.1 Å². The number of hydrogen-bond acceptors (Lipinski definition) is 10. The summed E-state index contributed by atoms with van der Waals surface area (Å²) in [7, 11) is 1.53. The zero-order chi connectivity index (χ0) is 34.9. The van der Waals surface area contributed by atoms with Crippen LogP contribution < -0.4 is 37.3 Å². The second-order valence-corrected chi connectivity index (χ2v) is 12.7. The lowest BCUT2D eigenvalue weighted by atomic mass is 9.91. The zero-order valence-electron chi connectivity index (χ0n) is 28.1. The lowest BCUT2D eigenvalue weighted by molar-refractivity contribution is -0.111. The lowest BCUT2D eigenvalue weighted by Gasteiger charge is -2.46. The van der Waals surface area contributed by atoms with E-state index >= 15 is 0 Å². The molecule has 3 aliphatic rings. The van der Waals surface area contributed by atoms with Crippen LogP contribution in [0, 0.1) is 11.6 Å². The number of nitrogens with two attached hydrogens (primary N) is 2. The number of amides is 1. The maximum atomic E-state index is 14.6. The fraction of sp³-hybridized carbons (Fsp3) is 0.486. The lowest BCUT2D eigenvalue weighted by Crippen LogP contribution is -2.56. The van der Waals surface area contributed by atoms with Gasteiger partial charge in [-0.15, -0.1) is 0 Å². The molecular weight excluding hydrogens is 632 g/mol. The molecule has 0 unspecified atom stereocenters. The number of carbonyl (C=O) groups excluding carboxylic acids is 1. The first-order valence-corrected chi connectivity index (χ1v) is 17.0. The van der Waals surface area contributed by atoms with Crippen LogP contribution >= 0.6 is 0 Å². The van der Waals surface area contributed by atoms with Crippen LogP contribution in [-0.4, -0.2) is 91.7 Å². The minimum absolute atomic E-state index is 0.00632. The van der Waals surface area contributed by atoms with Crippen molar-refractivity contribution in [1.82, 2.24) is 20.5 Å². The van der Waals surface area contributed by atoms with Crippen molar-refractivity contribution in [3.63, 3.8) is 0 Å². The highest BCUT2D eigenvalue weighted by Gasteiger charge is 2.32. The summed E-state index contributed by atoms with van der Waals surface area (Å²) < 4.78 is 34.2. The van der Waals surface area contributed by atoms with Crippen LogP contribution in [0.4, 0.5) is 25.8 Å². The predicted octanol–water partition coefficient (Wildman–Crippen LogP) is 3.24. The van der Waals surface area contributed by atoms with E-state index in [9.17, 15) is 18.7 Å². The second kappa shape index (κ2) is 16.9. The highest BCUT2D eigenvalue weighted by molar-refractivity contribution is 6.02. The number of nitrogens with one attached hydrogen (secondary N) is 3. The summed E-state index contributed by atoms with van der Waals surface area (Å²) in [6.45, 7) is 9.45. The van der Waals surface area contributed by atoms with Gasteiger partial charge in [-0.1, -0.05) is 25.1 Å². The van der Waals surface area contributed by atoms with Gasteiger partial charge >= 0.3 is 0 Å². The smallest absolute Gasteiger partial charge is 0.247 e. The summed E-state index contributed by atoms with van der Waals surface area (Å²) >= 11 is 0. The van der Waals surface area contributed by atoms with Gasteiger partial charge in [-0.25, -0.2) is 19.6 Å². The highest BCUT2D eigenvalue weighted by atomic mass is 19.2. The van der Waals surface area contributed by atoms with E-state index in [1.165, 1.54) is 50.7 Å². The van der Waals surface area contributed by atoms with Crippen LogP contribution in [0.5, 0.6) is 5.75 Å². The van der Waals surface area contributed by atoms with E-state index in [1.54, 1.807) is 6.07 Å². The van der Waals surface area contributed by atoms with Crippen molar-refractivity contribution in [2.24, 2.45) is 16.6 Å². The first-order chi connectivity index (χ1) is 23.7. The van der Waals surface area contributed by atoms with Gasteiger partial charge in [0, 0.05) is 75.7 Å². The van der Waals surface area contributed by atoms with Crippen LogP contribution in [0.25, 0.3) is 0 Å². The monoisotopic (exact) mass is 681 g/mol. The number of aliphatic imine (C=N–C) groups is 1. The number of piperazine rings is 1. The Bertz CT molecular complexity index is 1520. The Labute approximate surface area is 286 Å². The fourth-order valence-corrected chi connectivity index (χ4v) is 6.90. The summed E-state index contributed by atoms with van der Waals surface area (Å²) in [6, 6.07) is 7.85. The number of piperidine rings is 1. The summed E-state index contributed by atoms with van der Waals surface area (Å²) in [4.78, 5) is 24.6. The molecule has 14 heteroatoms. The molecule has 2 heterocycles. The van der Waals surface area contributed by atoms with E-state index < -0.39 is 17.7 Å². The van der Waals surface area contributed by atoms with E-state index in [0.717, 1.165) is 69.9 Å². The molecule has 5 rings (SSSR count). The molecule has 0 bridgehead atoms. The van der Waals surface area contributed by atoms with Gasteiger partial charge in [0.2, 0.25) is 5.91 Å². The molecule has 0 spiro atoms. The van der Waals surface area contributed by atoms with E-state index in [1.807, 2.05) is 6.07 Å². The van der Waals surface area contributed by atoms with Crippen molar-refractivity contribution in [2.45, 2.75) is 56.7 Å². The molecular formula is C35H49F2N9O3. The number of hydrogen-bond donors (Lipinski definition) is 6. The number of halogens is 2. The number of carbonyl (C=O) groups is 1. The average Bonchev–Trinajstić information content (AvgIpc) is 3.08. The van der Waals surface area contributed by atoms with Crippen molar-refractivity contribution in [3.8, 4) is 5.75 Å². The van der Waals surface area contributed by atoms with Gasteiger partial charge in [-0.05, 0) is 50.3 Å². The van der Waals surface area contributed by atoms with E-state index in [0.29, 0.717) is 23.2 Å². The first kappa shape index (κ1) is 36.1. The fourth-order valence-electron chi connectivity index (χ4n) is 6.90. The molecule has 266 valence electrons. The predicted molar refractivity (Wildman–Crippen MR) is 188 cm³/mol. The maximum absolute atomic E-state index is 14.6. The Morgan fingerprint density at radius 3 is 2.35 bits per heavy atom. The Hall–Kier alpha value is -4.24. The number of anilines is 2. The standard InChI is InChI=1S/C35H49F2N9O3/c1-3-34(48)42-28-20-29(40-32(38)22-33(43-39)41-27(12-19-47)25-8-5-9-26(36)35(25)37)31(49-2)21-30(28)46-13-10-24(11-14-46)45-17-15-44(16-18-45)23-6-4-7-23/h3,5,8-9,20-24,27,41,43,47H,1,4,6-7,10-19,39H2,2H3,(H2,38,40)(H,42,48)/b33-22-/t27-/m1/s1. The Balaban J connectivity index is 1.33. The third-order valence-corrected chi connectivity index (χ3v) is 9.80. The molecule has 1 saturated carbocycles. The molecule has 49 heavy (non-hydrogen) atoms. The summed E-state index contributed by atoms with van der Waals surface area (Å²) in [5.41, 5.74) is 10.5. The van der Waals surface area contributed by atoms with Crippen molar-refractivity contribution in [1.29, 1.82) is 0 Å². The third kappa shape index (κ3) is 8.87. The van der Waals surface area contributed by atoms with Gasteiger partial charge in [0.15, 0.2) is 11.6 Å². The number of hydrazine groups is 1. The normalized spacial score (nSPS) is 19.2. The SMILES string of the molecule is C=CC(=O)Nc1cc(N=C(N)/C=C(\NN)N[C@H](CCO)c2cccc(F)c2F)c(OC)cc1N1CCC(N2CCN(C3CCC3)CC2)CC1. The molecule has 2 saturated heterocycles. The molecule has 2 aliphatic heterocycles. The highest BCUT2D eigenvalue weighted by Crippen LogP contribution is 2.40. The van der Waals surface area contributed by atoms with E-state index in [2.05, 4.69) is 42.3 Å². The van der Waals surface area contributed by atoms with Gasteiger partial charge in [-0.3, -0.25) is 14.6 Å². The largest absolute Gasteiger partial charge is 0.494 e. The van der Waals surface area contributed by atoms with E-state index in [4.69, 9.17) is 16.3 Å². The summed E-state index contributed by atoms with van der Waals surface area (Å²) in [6.07, 6.45) is 8.72. The number of ether oxygens (including phenoxy) is 1. The number of aliphatic hydroxyl groups excluding tert-OH is 1. The molecule has 3 fully saturated rings. The minimum atomic E-state index is -1.03. The third-order valence-electron chi connectivity index (χ3n) is 9.80. The molecule has 8 N–H and O–H groups in total. The molecule has 1 aliphatic carbocycles. The molecule has 0 radical (unpaired) electrons. The molecule has 0 aromatic heterocycles. The van der Waals surface area contributed by atoms with Crippen molar-refractivity contribution in [2.75, 3.05) is 63.2 Å². The molecule has 2 aromatic rings. The number of amidine groups is 1. The first-order valence-electron chi connectivity index (χ1n) is 17.0. The van der Waals surface area contributed by atoms with Crippen LogP contribution in [-0.2, 0) is 4.79 Å². The van der Waals surface area contributed by atoms with Crippen LogP contribution in [0.15, 0.2) is 59.9 Å². The Kier molecular flexibility index (Phi) is 12.5. The summed E-state index contributed by atoms with van der Waals surface area (Å²) in [5.74, 6) is 3.90. The number of nitrogens with zero attached hydrogens (tertiary/aromatic N) is 4. The topological polar surface area (TPSA) is 157 Å². The second-order valence-electron chi connectivity index (χ2n) is 12.7. The molecule has 1 amide bonds. The Morgan fingerprint density at radius 1 is 1.10 bits per heavy atom. The minimum Gasteiger partial charge on any atom is -0.494 e. The van der Waals surface area contributed by atoms with Crippen LogP contribution in [0.3, 0.4) is 0 Å². The van der Waals surface area contributed by atoms with Crippen molar-refractivity contribution in [3.05, 3.63) is 72.1 Å². The van der Waals surface area contributed by atoms with E-state index in [-0.39, 0.29) is 36.2 Å². The number of methoxy groups -OCH3 is 1. The average molecular weight is 682 g/mol. The van der Waals surface area contributed by atoms with Crippen molar-refractivity contribution >= 4 is 28.8 Å². The molecule has 2 aromatic carbocycles. The van der Waals surface area contributed by atoms with Gasteiger partial charge in [0.25, 0.3) is 0 Å². The molecule has 1 atom stereocenters. The maximum Gasteiger partial charge on any atom is 0.247 e. The van der Waals surface area contributed by atoms with Crippen molar-refractivity contribution < 1.29 is 23.4 Å². The van der Waals surface area contributed by atoms with Gasteiger partial charge in [0.05, 0.1) is 24.5 Å². The number of benzene rings is 2. The number of rotatable bonds is 14. The molecule has 12 nitrogen and oxygen atoms in total. The Morgan fingerprint density at radius 2 is 1.78 bits per heavy atom. The van der Waals surface area contributed by atoms with Gasteiger partial charge < -0.3 is 36.5 Å². The van der Waals surface area contributed by atoms with Crippen LogP contribution in [0.2, 0.25) is 0 Å².